The standard InChI is InChI=1S/C82H50F3N7/c83-82(84,85)71-50-80(91-76-45-57(61-32-36-87-72(41-61)53-15-5-1-6-16-53)24-28-66(76)67-29-25-58(46-77(67)91)62-33-37-88-73(42-62)54-17-7-2-8-18-54)70(65-23-13-14-52(40-65)51-86)49-81(71)92-78-47-59(63-34-38-89-74(43-63)55-19-9-3-10-20-55)26-30-68(78)69-31-27-60(48-79(69)92)64-35-39-90-75(44-64)56-21-11-4-12-22-56/h1-50H. The van der Waals surface area contributed by atoms with Crippen molar-refractivity contribution in [2.75, 3.05) is 0 Å². The Balaban J connectivity index is 0.990. The van der Waals surface area contributed by atoms with E-state index in [1.807, 2.05) is 217 Å². The molecule has 16 rings (SSSR count). The Hall–Kier alpha value is -12.3. The predicted octanol–water partition coefficient (Wildman–Crippen LogP) is 21.4. The molecule has 16 aromatic rings. The van der Waals surface area contributed by atoms with Crippen molar-refractivity contribution in [3.05, 3.63) is 315 Å². The third-order valence-electron chi connectivity index (χ3n) is 17.4. The van der Waals surface area contributed by atoms with Crippen LogP contribution in [0.5, 0.6) is 0 Å². The van der Waals surface area contributed by atoms with Crippen LogP contribution in [0.4, 0.5) is 13.2 Å². The molecule has 0 radical (unpaired) electrons. The molecule has 0 N–H and O–H groups in total. The van der Waals surface area contributed by atoms with Gasteiger partial charge in [-0.05, 0) is 147 Å². The van der Waals surface area contributed by atoms with Crippen LogP contribution in [0, 0.1) is 11.3 Å². The first-order valence-corrected chi connectivity index (χ1v) is 30.2. The molecule has 0 aliphatic heterocycles. The molecule has 0 spiro atoms. The minimum absolute atomic E-state index is 0.0927. The average molecular weight is 1190 g/mol. The van der Waals surface area contributed by atoms with Crippen LogP contribution in [0.2, 0.25) is 0 Å². The van der Waals surface area contributed by atoms with E-state index in [4.69, 9.17) is 19.9 Å². The second-order valence-corrected chi connectivity index (χ2v) is 22.9. The topological polar surface area (TPSA) is 85.2 Å². The summed E-state index contributed by atoms with van der Waals surface area (Å²) in [6.07, 6.45) is 2.18. The van der Waals surface area contributed by atoms with E-state index in [2.05, 4.69) is 42.5 Å². The van der Waals surface area contributed by atoms with E-state index in [1.165, 1.54) is 6.07 Å². The molecule has 0 unspecified atom stereocenters. The first-order chi connectivity index (χ1) is 45.2. The molecular formula is C82H50F3N7. The normalized spacial score (nSPS) is 11.6. The molecule has 0 amide bonds. The van der Waals surface area contributed by atoms with Crippen molar-refractivity contribution in [1.82, 2.24) is 29.1 Å². The van der Waals surface area contributed by atoms with E-state index in [9.17, 15) is 5.26 Å². The number of alkyl halides is 3. The van der Waals surface area contributed by atoms with Crippen LogP contribution >= 0.6 is 0 Å². The maximum Gasteiger partial charge on any atom is 0.418 e. The number of hydrogen-bond acceptors (Lipinski definition) is 5. The third kappa shape index (κ3) is 10.0. The van der Waals surface area contributed by atoms with E-state index < -0.39 is 11.7 Å². The molecule has 0 atom stereocenters. The van der Waals surface area contributed by atoms with Gasteiger partial charge in [-0.1, -0.05) is 182 Å². The lowest BCUT2D eigenvalue weighted by atomic mass is 9.97. The summed E-state index contributed by atoms with van der Waals surface area (Å²) in [7, 11) is 0. The van der Waals surface area contributed by atoms with Gasteiger partial charge in [0.05, 0.1) is 73.4 Å². The molecule has 6 aromatic heterocycles. The second-order valence-electron chi connectivity index (χ2n) is 22.9. The van der Waals surface area contributed by atoms with Crippen molar-refractivity contribution in [1.29, 1.82) is 5.26 Å². The molecule has 0 saturated heterocycles. The zero-order valence-electron chi connectivity index (χ0n) is 49.1. The lowest BCUT2D eigenvalue weighted by molar-refractivity contribution is -0.137. The van der Waals surface area contributed by atoms with Gasteiger partial charge < -0.3 is 9.13 Å². The minimum atomic E-state index is -4.93. The van der Waals surface area contributed by atoms with Gasteiger partial charge in [0, 0.05) is 74.1 Å². The third-order valence-corrected chi connectivity index (χ3v) is 17.4. The zero-order chi connectivity index (χ0) is 61.9. The van der Waals surface area contributed by atoms with Gasteiger partial charge in [0.15, 0.2) is 0 Å². The molecule has 0 aliphatic rings. The number of rotatable bonds is 11. The molecule has 10 aromatic carbocycles. The number of halogens is 3. The summed E-state index contributed by atoms with van der Waals surface area (Å²) in [5.41, 5.74) is 16.8. The maximum atomic E-state index is 17.3. The maximum absolute atomic E-state index is 17.3. The molecule has 0 saturated carbocycles. The van der Waals surface area contributed by atoms with Crippen LogP contribution in [-0.4, -0.2) is 29.1 Å². The Morgan fingerprint density at radius 1 is 0.283 bits per heavy atom. The molecule has 0 aliphatic carbocycles. The van der Waals surface area contributed by atoms with E-state index in [-0.39, 0.29) is 11.4 Å². The summed E-state index contributed by atoms with van der Waals surface area (Å²) in [5, 5.41) is 13.8. The van der Waals surface area contributed by atoms with Gasteiger partial charge in [-0.15, -0.1) is 0 Å². The number of benzene rings is 10. The summed E-state index contributed by atoms with van der Waals surface area (Å²) in [6.45, 7) is 0. The predicted molar refractivity (Wildman–Crippen MR) is 365 cm³/mol. The van der Waals surface area contributed by atoms with Crippen molar-refractivity contribution in [2.24, 2.45) is 0 Å². The molecule has 92 heavy (non-hydrogen) atoms. The van der Waals surface area contributed by atoms with E-state index in [1.54, 1.807) is 53.6 Å². The van der Waals surface area contributed by atoms with Gasteiger partial charge >= 0.3 is 6.18 Å². The minimum Gasteiger partial charge on any atom is -0.309 e. The Bertz CT molecular complexity index is 5300. The van der Waals surface area contributed by atoms with Crippen molar-refractivity contribution < 1.29 is 13.2 Å². The first kappa shape index (κ1) is 55.0. The molecule has 7 nitrogen and oxygen atoms in total. The summed E-state index contributed by atoms with van der Waals surface area (Å²) in [6, 6.07) is 92.5. The lowest BCUT2D eigenvalue weighted by Crippen LogP contribution is -2.13. The number of hydrogen-bond donors (Lipinski definition) is 0. The number of nitriles is 1. The molecule has 434 valence electrons. The van der Waals surface area contributed by atoms with E-state index >= 15 is 13.2 Å². The Morgan fingerprint density at radius 3 is 0.924 bits per heavy atom. The summed E-state index contributed by atoms with van der Waals surface area (Å²) < 4.78 is 55.6. The molecule has 10 heteroatoms. The van der Waals surface area contributed by atoms with Gasteiger partial charge in [0.2, 0.25) is 0 Å². The lowest BCUT2D eigenvalue weighted by Gasteiger charge is -2.22. The monoisotopic (exact) mass is 1190 g/mol. The SMILES string of the molecule is N#Cc1cccc(-c2cc(-n3c4cc(-c5ccnc(-c6ccccc6)c5)ccc4c4ccc(-c5ccnc(-c6ccccc6)c5)cc43)c(C(F)(F)F)cc2-n2c3cc(-c4ccnc(-c5ccccc5)c4)ccc3c3ccc(-c4ccnc(-c5ccccc5)c4)cc32)c1. The van der Waals surface area contributed by atoms with Crippen LogP contribution in [0.1, 0.15) is 11.1 Å². The second kappa shape index (κ2) is 22.7. The molecule has 6 heterocycles. The molecular weight excluding hydrogens is 1140 g/mol. The number of pyridine rings is 4. The smallest absolute Gasteiger partial charge is 0.309 e. The van der Waals surface area contributed by atoms with Crippen LogP contribution in [0.15, 0.2) is 304 Å². The summed E-state index contributed by atoms with van der Waals surface area (Å²) >= 11 is 0. The van der Waals surface area contributed by atoms with Crippen molar-refractivity contribution >= 4 is 43.6 Å². The number of nitrogens with zero attached hydrogens (tertiary/aromatic N) is 7. The van der Waals surface area contributed by atoms with Gasteiger partial charge in [-0.2, -0.15) is 18.4 Å². The van der Waals surface area contributed by atoms with E-state index in [0.717, 1.165) is 111 Å². The highest BCUT2D eigenvalue weighted by molar-refractivity contribution is 6.13. The molecule has 0 bridgehead atoms. The summed E-state index contributed by atoms with van der Waals surface area (Å²) in [4.78, 5) is 18.9. The fraction of sp³-hybridized carbons (Fsp3) is 0.0122. The highest BCUT2D eigenvalue weighted by atomic mass is 19.4. The van der Waals surface area contributed by atoms with Gasteiger partial charge in [-0.3, -0.25) is 19.9 Å². The fourth-order valence-corrected chi connectivity index (χ4v) is 12.9. The van der Waals surface area contributed by atoms with Crippen LogP contribution in [0.3, 0.4) is 0 Å². The quantitative estimate of drug-likeness (QED) is 0.129. The van der Waals surface area contributed by atoms with Crippen LogP contribution in [0.25, 0.3) is 156 Å². The zero-order valence-corrected chi connectivity index (χ0v) is 49.1. The van der Waals surface area contributed by atoms with Crippen molar-refractivity contribution in [2.45, 2.75) is 6.18 Å². The highest BCUT2D eigenvalue weighted by Gasteiger charge is 2.37. The van der Waals surface area contributed by atoms with Gasteiger partial charge in [0.1, 0.15) is 0 Å². The number of aromatic nitrogens is 6. The van der Waals surface area contributed by atoms with Gasteiger partial charge in [0.25, 0.3) is 0 Å². The van der Waals surface area contributed by atoms with Crippen molar-refractivity contribution in [3.8, 4) is 118 Å². The van der Waals surface area contributed by atoms with Gasteiger partial charge in [-0.25, -0.2) is 0 Å². The van der Waals surface area contributed by atoms with Crippen LogP contribution < -0.4 is 0 Å². The molecule has 0 fully saturated rings. The Kier molecular flexibility index (Phi) is 13.6. The fourth-order valence-electron chi connectivity index (χ4n) is 12.9. The largest absolute Gasteiger partial charge is 0.418 e. The highest BCUT2D eigenvalue weighted by Crippen LogP contribution is 2.47. The first-order valence-electron chi connectivity index (χ1n) is 30.2. The Morgan fingerprint density at radius 2 is 0.598 bits per heavy atom. The van der Waals surface area contributed by atoms with E-state index in [0.29, 0.717) is 38.8 Å². The average Bonchev–Trinajstić information content (AvgIpc) is 1.54. The van der Waals surface area contributed by atoms with Crippen molar-refractivity contribution in [3.63, 3.8) is 0 Å². The number of fused-ring (bicyclic) bond motifs is 6. The summed E-state index contributed by atoms with van der Waals surface area (Å²) in [5.74, 6) is 0. The Labute approximate surface area is 527 Å². The van der Waals surface area contributed by atoms with Crippen LogP contribution in [-0.2, 0) is 6.18 Å².